The number of anilines is 1. The Labute approximate surface area is 217 Å². The van der Waals surface area contributed by atoms with Crippen LogP contribution in [0.15, 0.2) is 36.7 Å². The van der Waals surface area contributed by atoms with Crippen LogP contribution in [0, 0.1) is 26.7 Å². The highest BCUT2D eigenvalue weighted by Gasteiger charge is 2.25. The van der Waals surface area contributed by atoms with Crippen molar-refractivity contribution in [2.24, 2.45) is 5.92 Å². The average Bonchev–Trinajstić information content (AvgIpc) is 3.54. The maximum absolute atomic E-state index is 5.46. The second kappa shape index (κ2) is 10.1. The Hall–Kier alpha value is -3.43. The van der Waals surface area contributed by atoms with E-state index in [0.717, 1.165) is 86.5 Å². The molecule has 1 aromatic carbocycles. The van der Waals surface area contributed by atoms with Crippen LogP contribution in [0.5, 0.6) is 0 Å². The average molecular weight is 499 g/mol. The van der Waals surface area contributed by atoms with Crippen LogP contribution in [0.25, 0.3) is 17.0 Å². The van der Waals surface area contributed by atoms with Crippen molar-refractivity contribution in [1.29, 1.82) is 0 Å². The lowest BCUT2D eigenvalue weighted by Gasteiger charge is -2.26. The van der Waals surface area contributed by atoms with Gasteiger partial charge in [0.15, 0.2) is 0 Å². The van der Waals surface area contributed by atoms with Gasteiger partial charge >= 0.3 is 0 Å². The summed E-state index contributed by atoms with van der Waals surface area (Å²) in [7, 11) is 0. The molecule has 0 amide bonds. The number of aryl methyl sites for hydroxylation is 3. The molecular weight excluding hydrogens is 464 g/mol. The van der Waals surface area contributed by atoms with Gasteiger partial charge < -0.3 is 9.64 Å². The number of ether oxygens (including phenoxy) is 1. The Balaban J connectivity index is 1.12. The summed E-state index contributed by atoms with van der Waals surface area (Å²) in [4.78, 5) is 23.4. The van der Waals surface area contributed by atoms with Crippen LogP contribution in [0.1, 0.15) is 34.9 Å². The first-order valence-corrected chi connectivity index (χ1v) is 13.2. The van der Waals surface area contributed by atoms with Gasteiger partial charge in [0.25, 0.3) is 5.78 Å². The van der Waals surface area contributed by atoms with E-state index in [9.17, 15) is 0 Å². The number of nitrogens with zero attached hydrogens (tertiary/aromatic N) is 8. The summed E-state index contributed by atoms with van der Waals surface area (Å²) in [6, 6.07) is 8.78. The van der Waals surface area contributed by atoms with Gasteiger partial charge in [0.05, 0.1) is 30.8 Å². The molecule has 5 heterocycles. The highest BCUT2D eigenvalue weighted by Crippen LogP contribution is 2.29. The highest BCUT2D eigenvalue weighted by atomic mass is 16.5. The predicted octanol–water partition coefficient (Wildman–Crippen LogP) is 3.41. The molecule has 2 aliphatic heterocycles. The van der Waals surface area contributed by atoms with Crippen molar-refractivity contribution < 1.29 is 4.74 Å². The van der Waals surface area contributed by atoms with Gasteiger partial charge in [-0.3, -0.25) is 9.88 Å². The third kappa shape index (κ3) is 5.06. The fraction of sp³-hybridized carbons (Fsp3) is 0.464. The van der Waals surface area contributed by atoms with Crippen molar-refractivity contribution in [3.63, 3.8) is 0 Å². The van der Waals surface area contributed by atoms with E-state index in [2.05, 4.69) is 63.0 Å². The minimum atomic E-state index is 0.587. The minimum Gasteiger partial charge on any atom is -0.379 e. The zero-order valence-corrected chi connectivity index (χ0v) is 21.9. The van der Waals surface area contributed by atoms with Crippen LogP contribution in [0.4, 0.5) is 5.69 Å². The molecule has 9 nitrogen and oxygen atoms in total. The Morgan fingerprint density at radius 1 is 0.946 bits per heavy atom. The van der Waals surface area contributed by atoms with E-state index in [0.29, 0.717) is 11.7 Å². The quantitative estimate of drug-likeness (QED) is 0.400. The highest BCUT2D eigenvalue weighted by molar-refractivity contribution is 5.62. The molecule has 0 aliphatic carbocycles. The normalized spacial score (nSPS) is 18.7. The molecule has 0 bridgehead atoms. The molecule has 37 heavy (non-hydrogen) atoms. The van der Waals surface area contributed by atoms with Gasteiger partial charge in [0.2, 0.25) is 0 Å². The molecule has 9 heteroatoms. The molecule has 192 valence electrons. The van der Waals surface area contributed by atoms with Crippen molar-refractivity contribution in [2.45, 2.75) is 40.2 Å². The number of fused-ring (bicyclic) bond motifs is 1. The topological polar surface area (TPSA) is 84.6 Å². The monoisotopic (exact) mass is 498 g/mol. The fourth-order valence-electron chi connectivity index (χ4n) is 5.58. The molecule has 6 rings (SSSR count). The van der Waals surface area contributed by atoms with Crippen molar-refractivity contribution in [3.8, 4) is 11.3 Å². The van der Waals surface area contributed by atoms with Crippen molar-refractivity contribution in [1.82, 2.24) is 34.4 Å². The van der Waals surface area contributed by atoms with Gasteiger partial charge in [-0.05, 0) is 57.2 Å². The van der Waals surface area contributed by atoms with Crippen LogP contribution >= 0.6 is 0 Å². The maximum Gasteiger partial charge on any atom is 0.252 e. The summed E-state index contributed by atoms with van der Waals surface area (Å²) >= 11 is 0. The predicted molar refractivity (Wildman–Crippen MR) is 143 cm³/mol. The third-order valence-electron chi connectivity index (χ3n) is 7.64. The van der Waals surface area contributed by atoms with Gasteiger partial charge in [0, 0.05) is 61.6 Å². The molecule has 3 aromatic heterocycles. The molecule has 0 saturated carbocycles. The molecule has 4 aromatic rings. The molecule has 0 spiro atoms. The molecule has 2 saturated heterocycles. The maximum atomic E-state index is 5.46. The Kier molecular flexibility index (Phi) is 6.56. The number of hydrogen-bond acceptors (Lipinski definition) is 8. The van der Waals surface area contributed by atoms with Crippen molar-refractivity contribution in [3.05, 3.63) is 65.1 Å². The SMILES string of the molecule is Cc1nc2nc(C)c(C[C@@H]3CCN(c4ccc(-c5cncc(CN6CCOCC6)n5)cc4)C3)c(C)n2n1. The second-order valence-electron chi connectivity index (χ2n) is 10.3. The molecule has 1 atom stereocenters. The van der Waals surface area contributed by atoms with Crippen molar-refractivity contribution in [2.75, 3.05) is 44.3 Å². The van der Waals surface area contributed by atoms with E-state index >= 15 is 0 Å². The number of hydrogen-bond donors (Lipinski definition) is 0. The Bertz CT molecular complexity index is 1390. The molecule has 2 fully saturated rings. The zero-order chi connectivity index (χ0) is 25.4. The number of morpholine rings is 1. The standard InChI is InChI=1S/C28H34N8O/c1-19-26(20(2)36-28(30-19)31-21(3)33-36)14-22-8-9-35(17-22)25-6-4-23(5-7-25)27-16-29-15-24(32-27)18-34-10-12-37-13-11-34/h4-7,15-16,22H,8-14,17-18H2,1-3H3/t22-/m0/s1. The lowest BCUT2D eigenvalue weighted by molar-refractivity contribution is 0.0336. The van der Waals surface area contributed by atoms with Gasteiger partial charge in [0.1, 0.15) is 5.82 Å². The van der Waals surface area contributed by atoms with Crippen molar-refractivity contribution >= 4 is 11.5 Å². The number of rotatable bonds is 6. The van der Waals surface area contributed by atoms with E-state index in [1.807, 2.05) is 23.8 Å². The van der Waals surface area contributed by atoms with Crippen LogP contribution in [-0.4, -0.2) is 73.8 Å². The summed E-state index contributed by atoms with van der Waals surface area (Å²) in [6.07, 6.45) is 5.91. The van der Waals surface area contributed by atoms with E-state index in [1.54, 1.807) is 0 Å². The van der Waals surface area contributed by atoms with Crippen LogP contribution in [-0.2, 0) is 17.7 Å². The van der Waals surface area contributed by atoms with Crippen LogP contribution < -0.4 is 4.90 Å². The summed E-state index contributed by atoms with van der Waals surface area (Å²) in [5, 5.41) is 4.53. The van der Waals surface area contributed by atoms with Gasteiger partial charge in [-0.15, -0.1) is 0 Å². The van der Waals surface area contributed by atoms with Gasteiger partial charge in [-0.1, -0.05) is 12.1 Å². The molecule has 0 radical (unpaired) electrons. The first-order chi connectivity index (χ1) is 18.0. The first-order valence-electron chi connectivity index (χ1n) is 13.2. The fourth-order valence-corrected chi connectivity index (χ4v) is 5.58. The number of aromatic nitrogens is 6. The van der Waals surface area contributed by atoms with Crippen LogP contribution in [0.2, 0.25) is 0 Å². The second-order valence-corrected chi connectivity index (χ2v) is 10.3. The zero-order valence-electron chi connectivity index (χ0n) is 21.9. The first kappa shape index (κ1) is 23.9. The molecule has 0 unspecified atom stereocenters. The third-order valence-corrected chi connectivity index (χ3v) is 7.64. The van der Waals surface area contributed by atoms with E-state index < -0.39 is 0 Å². The van der Waals surface area contributed by atoms with Gasteiger partial charge in [-0.25, -0.2) is 14.5 Å². The molecule has 0 N–H and O–H groups in total. The van der Waals surface area contributed by atoms with Gasteiger partial charge in [-0.2, -0.15) is 10.1 Å². The Morgan fingerprint density at radius 2 is 1.76 bits per heavy atom. The summed E-state index contributed by atoms with van der Waals surface area (Å²) in [6.45, 7) is 12.5. The summed E-state index contributed by atoms with van der Waals surface area (Å²) in [5.41, 5.74) is 7.82. The van der Waals surface area contributed by atoms with E-state index in [-0.39, 0.29) is 0 Å². The lowest BCUT2D eigenvalue weighted by atomic mass is 9.96. The number of benzene rings is 1. The molecule has 2 aliphatic rings. The van der Waals surface area contributed by atoms with Crippen LogP contribution in [0.3, 0.4) is 0 Å². The summed E-state index contributed by atoms with van der Waals surface area (Å²) in [5.74, 6) is 2.04. The summed E-state index contributed by atoms with van der Waals surface area (Å²) < 4.78 is 7.35. The van der Waals surface area contributed by atoms with E-state index in [4.69, 9.17) is 14.7 Å². The smallest absolute Gasteiger partial charge is 0.252 e. The van der Waals surface area contributed by atoms with E-state index in [1.165, 1.54) is 17.7 Å². The lowest BCUT2D eigenvalue weighted by Crippen LogP contribution is -2.35. The Morgan fingerprint density at radius 3 is 2.57 bits per heavy atom. The largest absolute Gasteiger partial charge is 0.379 e. The molecular formula is C28H34N8O. The minimum absolute atomic E-state index is 0.587.